The molecule has 1 amide bonds. The van der Waals surface area contributed by atoms with Gasteiger partial charge in [-0.1, -0.05) is 23.8 Å². The van der Waals surface area contributed by atoms with Crippen molar-refractivity contribution in [2.24, 2.45) is 0 Å². The molecule has 1 aromatic carbocycles. The van der Waals surface area contributed by atoms with Crippen molar-refractivity contribution in [3.8, 4) is 0 Å². The third-order valence-corrected chi connectivity index (χ3v) is 4.51. The van der Waals surface area contributed by atoms with Crippen molar-refractivity contribution in [1.29, 1.82) is 0 Å². The van der Waals surface area contributed by atoms with Crippen LogP contribution in [0.2, 0.25) is 0 Å². The van der Waals surface area contributed by atoms with E-state index < -0.39 is 0 Å². The lowest BCUT2D eigenvalue weighted by molar-refractivity contribution is -0.133. The van der Waals surface area contributed by atoms with E-state index in [1.165, 1.54) is 23.1 Å². The smallest absolute Gasteiger partial charge is 0.241 e. The molecule has 1 saturated heterocycles. The third kappa shape index (κ3) is 2.06. The molecule has 3 nitrogen and oxygen atoms in total. The van der Waals surface area contributed by atoms with Gasteiger partial charge in [0, 0.05) is 6.04 Å². The van der Waals surface area contributed by atoms with Crippen LogP contribution < -0.4 is 5.32 Å². The van der Waals surface area contributed by atoms with Gasteiger partial charge in [-0.05, 0) is 51.2 Å². The van der Waals surface area contributed by atoms with Crippen LogP contribution >= 0.6 is 0 Å². The van der Waals surface area contributed by atoms with Crippen molar-refractivity contribution in [3.63, 3.8) is 0 Å². The monoisotopic (exact) mass is 258 g/mol. The van der Waals surface area contributed by atoms with E-state index in [0.717, 1.165) is 12.8 Å². The van der Waals surface area contributed by atoms with E-state index in [9.17, 15) is 4.79 Å². The Labute approximate surface area is 115 Å². The van der Waals surface area contributed by atoms with Crippen molar-refractivity contribution in [2.75, 3.05) is 0 Å². The molecule has 2 unspecified atom stereocenters. The Bertz CT molecular complexity index is 507. The molecule has 1 heterocycles. The average molecular weight is 258 g/mol. The highest BCUT2D eigenvalue weighted by Gasteiger charge is 2.43. The minimum Gasteiger partial charge on any atom is -0.319 e. The average Bonchev–Trinajstić information content (AvgIpc) is 2.59. The molecule has 1 N–H and O–H groups in total. The van der Waals surface area contributed by atoms with Gasteiger partial charge in [0.1, 0.15) is 6.17 Å². The van der Waals surface area contributed by atoms with Crippen LogP contribution in [0.15, 0.2) is 18.2 Å². The highest BCUT2D eigenvalue weighted by atomic mass is 16.2. The lowest BCUT2D eigenvalue weighted by Crippen LogP contribution is -2.44. The van der Waals surface area contributed by atoms with Gasteiger partial charge in [0.05, 0.1) is 6.04 Å². The van der Waals surface area contributed by atoms with Gasteiger partial charge >= 0.3 is 0 Å². The van der Waals surface area contributed by atoms with Crippen LogP contribution in [0.4, 0.5) is 0 Å². The normalized spacial score (nSPS) is 27.7. The lowest BCUT2D eigenvalue weighted by atomic mass is 9.90. The van der Waals surface area contributed by atoms with Crippen LogP contribution in [0.25, 0.3) is 0 Å². The Hall–Kier alpha value is -1.35. The molecule has 102 valence electrons. The second-order valence-electron chi connectivity index (χ2n) is 5.98. The maximum Gasteiger partial charge on any atom is 0.241 e. The van der Waals surface area contributed by atoms with Crippen LogP contribution in [-0.2, 0) is 4.79 Å². The highest BCUT2D eigenvalue weighted by molar-refractivity contribution is 5.84. The predicted molar refractivity (Wildman–Crippen MR) is 75.7 cm³/mol. The van der Waals surface area contributed by atoms with E-state index >= 15 is 0 Å². The fraction of sp³-hybridized carbons (Fsp3) is 0.562. The van der Waals surface area contributed by atoms with Gasteiger partial charge in [0.2, 0.25) is 5.91 Å². The van der Waals surface area contributed by atoms with Crippen molar-refractivity contribution < 1.29 is 4.79 Å². The van der Waals surface area contributed by atoms with Crippen LogP contribution in [0.5, 0.6) is 0 Å². The number of amides is 1. The Balaban J connectivity index is 1.97. The molecular weight excluding hydrogens is 236 g/mol. The first-order valence-electron chi connectivity index (χ1n) is 7.23. The number of rotatable bonds is 2. The molecule has 3 rings (SSSR count). The van der Waals surface area contributed by atoms with E-state index in [-0.39, 0.29) is 18.1 Å². The molecule has 2 atom stereocenters. The van der Waals surface area contributed by atoms with Crippen molar-refractivity contribution >= 4 is 5.91 Å². The first-order valence-corrected chi connectivity index (χ1v) is 7.23. The van der Waals surface area contributed by atoms with E-state index in [1.807, 2.05) is 6.92 Å². The van der Waals surface area contributed by atoms with Gasteiger partial charge in [-0.15, -0.1) is 0 Å². The number of benzene rings is 1. The summed E-state index contributed by atoms with van der Waals surface area (Å²) < 4.78 is 0. The van der Waals surface area contributed by atoms with Crippen LogP contribution in [0.1, 0.15) is 49.0 Å². The minimum atomic E-state index is -0.0643. The van der Waals surface area contributed by atoms with Gasteiger partial charge < -0.3 is 4.90 Å². The number of nitrogens with one attached hydrogen (secondary N) is 1. The Kier molecular flexibility index (Phi) is 3.09. The largest absolute Gasteiger partial charge is 0.319 e. The zero-order valence-electron chi connectivity index (χ0n) is 11.9. The van der Waals surface area contributed by atoms with Gasteiger partial charge in [-0.25, -0.2) is 0 Å². The summed E-state index contributed by atoms with van der Waals surface area (Å²) in [4.78, 5) is 14.5. The predicted octanol–water partition coefficient (Wildman–Crippen LogP) is 2.67. The lowest BCUT2D eigenvalue weighted by Gasteiger charge is -2.38. The van der Waals surface area contributed by atoms with Gasteiger partial charge in [-0.3, -0.25) is 10.1 Å². The maximum atomic E-state index is 12.4. The van der Waals surface area contributed by atoms with Crippen molar-refractivity contribution in [1.82, 2.24) is 10.2 Å². The first-order chi connectivity index (χ1) is 9.08. The number of carbonyl (C=O) groups excluding carboxylic acids is 1. The topological polar surface area (TPSA) is 32.3 Å². The fourth-order valence-electron chi connectivity index (χ4n) is 3.09. The number of carbonyl (C=O) groups is 1. The summed E-state index contributed by atoms with van der Waals surface area (Å²) in [7, 11) is 0. The molecule has 1 aliphatic heterocycles. The molecule has 19 heavy (non-hydrogen) atoms. The fourth-order valence-corrected chi connectivity index (χ4v) is 3.09. The Morgan fingerprint density at radius 2 is 2.00 bits per heavy atom. The quantitative estimate of drug-likeness (QED) is 0.884. The summed E-state index contributed by atoms with van der Waals surface area (Å²) in [5, 5.41) is 3.46. The number of aryl methyl sites for hydroxylation is 2. The summed E-state index contributed by atoms with van der Waals surface area (Å²) in [6, 6.07) is 6.87. The van der Waals surface area contributed by atoms with Crippen molar-refractivity contribution in [2.45, 2.75) is 58.3 Å². The second-order valence-corrected chi connectivity index (χ2v) is 5.98. The molecule has 3 heteroatoms. The molecule has 2 fully saturated rings. The molecule has 0 radical (unpaired) electrons. The molecule has 0 bridgehead atoms. The summed E-state index contributed by atoms with van der Waals surface area (Å²) in [6.07, 6.45) is 3.62. The highest BCUT2D eigenvalue weighted by Crippen LogP contribution is 2.36. The SMILES string of the molecule is Cc1ccc(C)c(C2NC(C)C(=O)N2C2CCC2)c1. The van der Waals surface area contributed by atoms with E-state index in [4.69, 9.17) is 0 Å². The molecule has 1 saturated carbocycles. The summed E-state index contributed by atoms with van der Waals surface area (Å²) in [6.45, 7) is 6.21. The van der Waals surface area contributed by atoms with Crippen LogP contribution in [0, 0.1) is 13.8 Å². The Morgan fingerprint density at radius 3 is 2.63 bits per heavy atom. The van der Waals surface area contributed by atoms with E-state index in [0.29, 0.717) is 6.04 Å². The van der Waals surface area contributed by atoms with Crippen molar-refractivity contribution in [3.05, 3.63) is 34.9 Å². The van der Waals surface area contributed by atoms with Crippen LogP contribution in [-0.4, -0.2) is 22.9 Å². The zero-order valence-corrected chi connectivity index (χ0v) is 11.9. The number of nitrogens with zero attached hydrogens (tertiary/aromatic N) is 1. The molecular formula is C16H22N2O. The maximum absolute atomic E-state index is 12.4. The van der Waals surface area contributed by atoms with Crippen LogP contribution in [0.3, 0.4) is 0 Å². The second kappa shape index (κ2) is 4.64. The molecule has 1 aliphatic carbocycles. The van der Waals surface area contributed by atoms with Gasteiger partial charge in [-0.2, -0.15) is 0 Å². The van der Waals surface area contributed by atoms with Gasteiger partial charge in [0.15, 0.2) is 0 Å². The molecule has 0 aromatic heterocycles. The summed E-state index contributed by atoms with van der Waals surface area (Å²) in [5.41, 5.74) is 3.77. The molecule has 2 aliphatic rings. The number of hydrogen-bond donors (Lipinski definition) is 1. The standard InChI is InChI=1S/C16H22N2O/c1-10-7-8-11(2)14(9-10)15-17-12(3)16(19)18(15)13-5-4-6-13/h7-9,12-13,15,17H,4-6H2,1-3H3. The Morgan fingerprint density at radius 1 is 1.26 bits per heavy atom. The zero-order chi connectivity index (χ0) is 13.6. The number of hydrogen-bond acceptors (Lipinski definition) is 2. The minimum absolute atomic E-state index is 0.0627. The third-order valence-electron chi connectivity index (χ3n) is 4.51. The summed E-state index contributed by atoms with van der Waals surface area (Å²) in [5.74, 6) is 0.260. The molecule has 0 spiro atoms. The molecule has 1 aromatic rings. The van der Waals surface area contributed by atoms with Gasteiger partial charge in [0.25, 0.3) is 0 Å². The van der Waals surface area contributed by atoms with E-state index in [1.54, 1.807) is 0 Å². The van der Waals surface area contributed by atoms with E-state index in [2.05, 4.69) is 42.3 Å². The summed E-state index contributed by atoms with van der Waals surface area (Å²) >= 11 is 0. The first kappa shape index (κ1) is 12.7.